The first-order valence-electron chi connectivity index (χ1n) is 5.62. The van der Waals surface area contributed by atoms with E-state index in [1.54, 1.807) is 0 Å². The standard InChI is InChI=1S/C11H14N2O7S/c1-20-11(17)13-21(18,19)12-9(10(15)16)6-7-2-4-8(14)5-3-7/h2-5,9,12,14H,6H2,1H3,(H,13,17)(H,15,16). The summed E-state index contributed by atoms with van der Waals surface area (Å²) in [6, 6.07) is 4.10. The van der Waals surface area contributed by atoms with Crippen molar-refractivity contribution in [3.8, 4) is 5.75 Å². The molecule has 0 aliphatic heterocycles. The molecule has 0 aromatic heterocycles. The summed E-state index contributed by atoms with van der Waals surface area (Å²) in [5.74, 6) is -1.42. The molecule has 10 heteroatoms. The van der Waals surface area contributed by atoms with Crippen molar-refractivity contribution in [3.05, 3.63) is 29.8 Å². The zero-order valence-electron chi connectivity index (χ0n) is 10.9. The number of aliphatic carboxylic acids is 1. The number of carbonyl (C=O) groups is 2. The predicted molar refractivity (Wildman–Crippen MR) is 70.8 cm³/mol. The number of hydrogen-bond donors (Lipinski definition) is 4. The van der Waals surface area contributed by atoms with Crippen LogP contribution in [0.3, 0.4) is 0 Å². The minimum Gasteiger partial charge on any atom is -0.508 e. The number of amides is 1. The van der Waals surface area contributed by atoms with Gasteiger partial charge in [-0.05, 0) is 24.1 Å². The van der Waals surface area contributed by atoms with Crippen LogP contribution >= 0.6 is 0 Å². The molecular formula is C11H14N2O7S. The van der Waals surface area contributed by atoms with E-state index < -0.39 is 28.3 Å². The van der Waals surface area contributed by atoms with Gasteiger partial charge in [0.05, 0.1) is 7.11 Å². The number of aromatic hydroxyl groups is 1. The first-order valence-corrected chi connectivity index (χ1v) is 7.10. The largest absolute Gasteiger partial charge is 0.508 e. The summed E-state index contributed by atoms with van der Waals surface area (Å²) in [6.45, 7) is 0. The molecule has 0 aliphatic rings. The summed E-state index contributed by atoms with van der Waals surface area (Å²) < 4.78 is 30.5. The van der Waals surface area contributed by atoms with E-state index >= 15 is 0 Å². The molecule has 1 rings (SSSR count). The Labute approximate surface area is 120 Å². The lowest BCUT2D eigenvalue weighted by Gasteiger charge is -2.15. The number of rotatable bonds is 6. The van der Waals surface area contributed by atoms with Crippen LogP contribution in [0.15, 0.2) is 24.3 Å². The summed E-state index contributed by atoms with van der Waals surface area (Å²) in [7, 11) is -3.40. The minimum atomic E-state index is -4.37. The second-order valence-corrected chi connectivity index (χ2v) is 5.42. The molecule has 9 nitrogen and oxygen atoms in total. The van der Waals surface area contributed by atoms with Crippen LogP contribution < -0.4 is 9.44 Å². The van der Waals surface area contributed by atoms with Gasteiger partial charge in [-0.25, -0.2) is 9.52 Å². The van der Waals surface area contributed by atoms with Gasteiger partial charge in [-0.2, -0.15) is 13.1 Å². The van der Waals surface area contributed by atoms with E-state index in [1.165, 1.54) is 29.0 Å². The number of carboxylic acid groups (broad SMARTS) is 1. The normalized spacial score (nSPS) is 12.4. The monoisotopic (exact) mass is 318 g/mol. The number of hydrogen-bond acceptors (Lipinski definition) is 6. The Morgan fingerprint density at radius 3 is 2.33 bits per heavy atom. The van der Waals surface area contributed by atoms with Gasteiger partial charge in [-0.1, -0.05) is 12.1 Å². The first-order chi connectivity index (χ1) is 9.73. The number of carboxylic acids is 1. The molecule has 0 fully saturated rings. The lowest BCUT2D eigenvalue weighted by molar-refractivity contribution is -0.138. The average molecular weight is 318 g/mol. The third-order valence-corrected chi connectivity index (χ3v) is 3.40. The Morgan fingerprint density at radius 1 is 1.29 bits per heavy atom. The lowest BCUT2D eigenvalue weighted by Crippen LogP contribution is -2.49. The maximum absolute atomic E-state index is 11.5. The van der Waals surface area contributed by atoms with Crippen molar-refractivity contribution >= 4 is 22.3 Å². The fraction of sp³-hybridized carbons (Fsp3) is 0.273. The van der Waals surface area contributed by atoms with Gasteiger partial charge >= 0.3 is 22.3 Å². The highest BCUT2D eigenvalue weighted by atomic mass is 32.2. The summed E-state index contributed by atoms with van der Waals surface area (Å²) >= 11 is 0. The first kappa shape index (κ1) is 16.7. The van der Waals surface area contributed by atoms with Crippen molar-refractivity contribution in [1.29, 1.82) is 0 Å². The summed E-state index contributed by atoms with van der Waals surface area (Å²) in [6.07, 6.45) is -1.41. The van der Waals surface area contributed by atoms with Crippen LogP contribution in [0.2, 0.25) is 0 Å². The van der Waals surface area contributed by atoms with Gasteiger partial charge < -0.3 is 14.9 Å². The van der Waals surface area contributed by atoms with Crippen LogP contribution in [0.5, 0.6) is 5.75 Å². The summed E-state index contributed by atoms with van der Waals surface area (Å²) in [4.78, 5) is 21.9. The molecule has 1 unspecified atom stereocenters. The van der Waals surface area contributed by atoms with Gasteiger partial charge in [0.1, 0.15) is 11.8 Å². The maximum atomic E-state index is 11.5. The minimum absolute atomic E-state index is 0.00133. The molecule has 0 radical (unpaired) electrons. The molecule has 1 aromatic carbocycles. The van der Waals surface area contributed by atoms with Crippen molar-refractivity contribution in [3.63, 3.8) is 0 Å². The van der Waals surface area contributed by atoms with Gasteiger partial charge in [0.2, 0.25) is 0 Å². The molecule has 21 heavy (non-hydrogen) atoms. The highest BCUT2D eigenvalue weighted by Crippen LogP contribution is 2.11. The highest BCUT2D eigenvalue weighted by molar-refractivity contribution is 7.88. The van der Waals surface area contributed by atoms with E-state index in [2.05, 4.69) is 4.74 Å². The number of benzene rings is 1. The molecule has 0 saturated carbocycles. The maximum Gasteiger partial charge on any atom is 0.421 e. The van der Waals surface area contributed by atoms with Crippen LogP contribution in [0.4, 0.5) is 4.79 Å². The molecule has 0 saturated heterocycles. The van der Waals surface area contributed by atoms with Gasteiger partial charge in [0.25, 0.3) is 0 Å². The van der Waals surface area contributed by atoms with Gasteiger partial charge in [0.15, 0.2) is 0 Å². The average Bonchev–Trinajstić information content (AvgIpc) is 2.39. The molecule has 0 bridgehead atoms. The summed E-state index contributed by atoms with van der Waals surface area (Å²) in [5.41, 5.74) is 0.487. The fourth-order valence-electron chi connectivity index (χ4n) is 1.42. The molecular weight excluding hydrogens is 304 g/mol. The fourth-order valence-corrected chi connectivity index (χ4v) is 2.34. The smallest absolute Gasteiger partial charge is 0.421 e. The molecule has 0 spiro atoms. The Bertz CT molecular complexity index is 612. The Kier molecular flexibility index (Phi) is 5.50. The molecule has 0 heterocycles. The van der Waals surface area contributed by atoms with Crippen LogP contribution in [-0.2, 0) is 26.2 Å². The Morgan fingerprint density at radius 2 is 1.86 bits per heavy atom. The van der Waals surface area contributed by atoms with Crippen LogP contribution in [-0.4, -0.2) is 43.8 Å². The number of ether oxygens (including phenoxy) is 1. The molecule has 1 aromatic rings. The van der Waals surface area contributed by atoms with Crippen LogP contribution in [0.1, 0.15) is 5.56 Å². The zero-order chi connectivity index (χ0) is 16.0. The number of nitrogens with one attached hydrogen (secondary N) is 2. The van der Waals surface area contributed by atoms with Crippen LogP contribution in [0, 0.1) is 0 Å². The van der Waals surface area contributed by atoms with E-state index in [9.17, 15) is 18.0 Å². The van der Waals surface area contributed by atoms with Crippen molar-refractivity contribution in [1.82, 2.24) is 9.44 Å². The van der Waals surface area contributed by atoms with E-state index in [-0.39, 0.29) is 12.2 Å². The van der Waals surface area contributed by atoms with Crippen molar-refractivity contribution in [2.45, 2.75) is 12.5 Å². The molecule has 0 aliphatic carbocycles. The third-order valence-electron chi connectivity index (χ3n) is 2.37. The van der Waals surface area contributed by atoms with E-state index in [1.807, 2.05) is 4.72 Å². The molecule has 4 N–H and O–H groups in total. The SMILES string of the molecule is COC(=O)NS(=O)(=O)NC(Cc1ccc(O)cc1)C(=O)O. The lowest BCUT2D eigenvalue weighted by atomic mass is 10.1. The number of carbonyl (C=O) groups excluding carboxylic acids is 1. The van der Waals surface area contributed by atoms with Gasteiger partial charge in [0, 0.05) is 0 Å². The number of phenols is 1. The third kappa shape index (κ3) is 5.67. The number of methoxy groups -OCH3 is 1. The van der Waals surface area contributed by atoms with E-state index in [0.717, 1.165) is 7.11 Å². The van der Waals surface area contributed by atoms with E-state index in [0.29, 0.717) is 5.56 Å². The van der Waals surface area contributed by atoms with Crippen molar-refractivity contribution in [2.24, 2.45) is 0 Å². The van der Waals surface area contributed by atoms with Gasteiger partial charge in [-0.3, -0.25) is 4.79 Å². The van der Waals surface area contributed by atoms with E-state index in [4.69, 9.17) is 10.2 Å². The Hall–Kier alpha value is -2.33. The molecule has 116 valence electrons. The van der Waals surface area contributed by atoms with Crippen LogP contribution in [0.25, 0.3) is 0 Å². The van der Waals surface area contributed by atoms with Crippen molar-refractivity contribution < 1.29 is 33.0 Å². The summed E-state index contributed by atoms with van der Waals surface area (Å²) in [5, 5.41) is 18.1. The van der Waals surface area contributed by atoms with Crippen molar-refractivity contribution in [2.75, 3.05) is 7.11 Å². The van der Waals surface area contributed by atoms with Gasteiger partial charge in [-0.15, -0.1) is 0 Å². The zero-order valence-corrected chi connectivity index (χ0v) is 11.8. The highest BCUT2D eigenvalue weighted by Gasteiger charge is 2.25. The quantitative estimate of drug-likeness (QED) is 0.558. The second-order valence-electron chi connectivity index (χ2n) is 3.98. The molecule has 1 atom stereocenters. The molecule has 1 amide bonds. The Balaban J connectivity index is 2.81. The topological polar surface area (TPSA) is 142 Å². The number of phenolic OH excluding ortho intramolecular Hbond substituents is 1. The second kappa shape index (κ2) is 6.90. The predicted octanol–water partition coefficient (Wildman–Crippen LogP) is -0.422.